The molecular weight excluding hydrogens is 368 g/mol. The molecule has 1 unspecified atom stereocenters. The number of hydrogen-bond acceptors (Lipinski definition) is 2. The highest BCUT2D eigenvalue weighted by atomic mass is 16.1. The molecule has 0 saturated heterocycles. The van der Waals surface area contributed by atoms with Gasteiger partial charge < -0.3 is 10.6 Å². The number of fused-ring (bicyclic) bond motifs is 1. The van der Waals surface area contributed by atoms with Crippen molar-refractivity contribution in [3.63, 3.8) is 0 Å². The highest BCUT2D eigenvalue weighted by Gasteiger charge is 2.20. The van der Waals surface area contributed by atoms with Gasteiger partial charge in [-0.05, 0) is 67.8 Å². The lowest BCUT2D eigenvalue weighted by atomic mass is 9.87. The Morgan fingerprint density at radius 3 is 2.40 bits per heavy atom. The van der Waals surface area contributed by atoms with Crippen molar-refractivity contribution in [2.45, 2.75) is 83.6 Å². The van der Waals surface area contributed by atoms with Crippen molar-refractivity contribution < 1.29 is 4.79 Å². The first-order valence-corrected chi connectivity index (χ1v) is 11.9. The fourth-order valence-corrected chi connectivity index (χ4v) is 4.58. The van der Waals surface area contributed by atoms with Gasteiger partial charge in [0.2, 0.25) is 5.91 Å². The van der Waals surface area contributed by atoms with Crippen LogP contribution in [0.5, 0.6) is 0 Å². The minimum atomic E-state index is 0.0137. The second-order valence-electron chi connectivity index (χ2n) is 8.73. The van der Waals surface area contributed by atoms with E-state index in [1.165, 1.54) is 68.1 Å². The number of nitrogens with one attached hydrogen (secondary N) is 2. The summed E-state index contributed by atoms with van der Waals surface area (Å²) in [6, 6.07) is 17.7. The average Bonchev–Trinajstić information content (AvgIpc) is 2.75. The van der Waals surface area contributed by atoms with Gasteiger partial charge in [-0.3, -0.25) is 4.79 Å². The molecule has 0 fully saturated rings. The second-order valence-corrected chi connectivity index (χ2v) is 8.73. The Labute approximate surface area is 182 Å². The molecule has 0 aromatic heterocycles. The molecule has 3 rings (SSSR count). The zero-order valence-electron chi connectivity index (χ0n) is 18.6. The quantitative estimate of drug-likeness (QED) is 0.420. The molecule has 30 heavy (non-hydrogen) atoms. The summed E-state index contributed by atoms with van der Waals surface area (Å²) in [5.41, 5.74) is 5.20. The van der Waals surface area contributed by atoms with Crippen molar-refractivity contribution in [3.8, 4) is 0 Å². The molecule has 3 heteroatoms. The Morgan fingerprint density at radius 2 is 1.63 bits per heavy atom. The van der Waals surface area contributed by atoms with Gasteiger partial charge in [0.05, 0.1) is 0 Å². The molecule has 3 nitrogen and oxygen atoms in total. The van der Waals surface area contributed by atoms with Crippen molar-refractivity contribution in [2.24, 2.45) is 0 Å². The largest absolute Gasteiger partial charge is 0.326 e. The highest BCUT2D eigenvalue weighted by molar-refractivity contribution is 5.89. The van der Waals surface area contributed by atoms with Gasteiger partial charge >= 0.3 is 0 Å². The van der Waals surface area contributed by atoms with E-state index in [0.717, 1.165) is 31.5 Å². The molecule has 2 aromatic rings. The van der Waals surface area contributed by atoms with Crippen molar-refractivity contribution >= 4 is 11.6 Å². The first kappa shape index (κ1) is 22.6. The molecule has 0 spiro atoms. The average molecular weight is 407 g/mol. The van der Waals surface area contributed by atoms with Crippen LogP contribution in [-0.4, -0.2) is 18.5 Å². The third-order valence-electron chi connectivity index (χ3n) is 6.21. The van der Waals surface area contributed by atoms with E-state index in [4.69, 9.17) is 0 Å². The van der Waals surface area contributed by atoms with Crippen LogP contribution in [0.3, 0.4) is 0 Å². The number of carbonyl (C=O) groups is 1. The number of unbranched alkanes of at least 4 members (excludes halogenated alkanes) is 6. The summed E-state index contributed by atoms with van der Waals surface area (Å²) in [6.07, 6.45) is 13.9. The molecule has 1 aliphatic carbocycles. The number of aryl methyl sites for hydroxylation is 1. The van der Waals surface area contributed by atoms with E-state index in [2.05, 4.69) is 53.1 Å². The summed E-state index contributed by atoms with van der Waals surface area (Å²) >= 11 is 0. The molecule has 0 radical (unpaired) electrons. The number of rotatable bonds is 12. The molecule has 2 N–H and O–H groups in total. The summed E-state index contributed by atoms with van der Waals surface area (Å²) in [7, 11) is 0. The van der Waals surface area contributed by atoms with E-state index < -0.39 is 0 Å². The predicted molar refractivity (Wildman–Crippen MR) is 127 cm³/mol. The Morgan fingerprint density at radius 1 is 0.900 bits per heavy atom. The highest BCUT2D eigenvalue weighted by Crippen LogP contribution is 2.28. The van der Waals surface area contributed by atoms with Crippen LogP contribution in [-0.2, 0) is 24.1 Å². The molecular formula is C27H38N2O. The van der Waals surface area contributed by atoms with Crippen molar-refractivity contribution in [1.82, 2.24) is 5.32 Å². The molecule has 0 aliphatic heterocycles. The summed E-state index contributed by atoms with van der Waals surface area (Å²) in [5, 5.41) is 6.75. The topological polar surface area (TPSA) is 41.1 Å². The molecule has 0 saturated carbocycles. The molecule has 0 heterocycles. The van der Waals surface area contributed by atoms with Crippen LogP contribution in [0.1, 0.15) is 75.0 Å². The summed E-state index contributed by atoms with van der Waals surface area (Å²) in [5.74, 6) is 0.0137. The van der Waals surface area contributed by atoms with Gasteiger partial charge in [0.15, 0.2) is 0 Å². The van der Waals surface area contributed by atoms with Crippen LogP contribution in [0.25, 0.3) is 0 Å². The third kappa shape index (κ3) is 7.60. The van der Waals surface area contributed by atoms with Crippen molar-refractivity contribution in [3.05, 3.63) is 65.2 Å². The molecule has 0 bridgehead atoms. The maximum absolute atomic E-state index is 11.4. The summed E-state index contributed by atoms with van der Waals surface area (Å²) in [4.78, 5) is 11.4. The summed E-state index contributed by atoms with van der Waals surface area (Å²) in [6.45, 7) is 2.71. The fraction of sp³-hybridized carbons (Fsp3) is 0.519. The first-order chi connectivity index (χ1) is 14.7. The van der Waals surface area contributed by atoms with Crippen molar-refractivity contribution in [2.75, 3.05) is 11.9 Å². The number of benzene rings is 2. The number of hydrogen-bond donors (Lipinski definition) is 2. The lowest BCUT2D eigenvalue weighted by Crippen LogP contribution is -2.35. The van der Waals surface area contributed by atoms with Gasteiger partial charge in [0, 0.05) is 18.7 Å². The second kappa shape index (κ2) is 12.5. The Balaban J connectivity index is 1.22. The normalized spacial score (nSPS) is 15.6. The van der Waals surface area contributed by atoms with Crippen LogP contribution in [0.15, 0.2) is 48.5 Å². The SMILES string of the molecule is CC(=O)Nc1cccc2c1CCC(NCCCCCCCCCc1ccccc1)C2. The van der Waals surface area contributed by atoms with E-state index in [1.807, 2.05) is 6.07 Å². The van der Waals surface area contributed by atoms with E-state index in [1.54, 1.807) is 6.92 Å². The summed E-state index contributed by atoms with van der Waals surface area (Å²) < 4.78 is 0. The maximum atomic E-state index is 11.4. The molecule has 2 aromatic carbocycles. The zero-order valence-corrected chi connectivity index (χ0v) is 18.6. The monoisotopic (exact) mass is 406 g/mol. The van der Waals surface area contributed by atoms with E-state index in [-0.39, 0.29) is 5.91 Å². The Hall–Kier alpha value is -2.13. The molecule has 1 atom stereocenters. The number of carbonyl (C=O) groups excluding carboxylic acids is 1. The van der Waals surface area contributed by atoms with E-state index >= 15 is 0 Å². The smallest absolute Gasteiger partial charge is 0.221 e. The number of anilines is 1. The predicted octanol–water partition coefficient (Wildman–Crippen LogP) is 6.07. The first-order valence-electron chi connectivity index (χ1n) is 11.9. The van der Waals surface area contributed by atoms with E-state index in [0.29, 0.717) is 6.04 Å². The van der Waals surface area contributed by atoms with Crippen LogP contribution >= 0.6 is 0 Å². The lowest BCUT2D eigenvalue weighted by Gasteiger charge is -2.27. The van der Waals surface area contributed by atoms with Gasteiger partial charge in [0.1, 0.15) is 0 Å². The minimum Gasteiger partial charge on any atom is -0.326 e. The van der Waals surface area contributed by atoms with Crippen LogP contribution in [0, 0.1) is 0 Å². The van der Waals surface area contributed by atoms with Gasteiger partial charge in [0.25, 0.3) is 0 Å². The lowest BCUT2D eigenvalue weighted by molar-refractivity contribution is -0.114. The van der Waals surface area contributed by atoms with Gasteiger partial charge in [-0.25, -0.2) is 0 Å². The Kier molecular flexibility index (Phi) is 9.43. The Bertz CT molecular complexity index is 772. The van der Waals surface area contributed by atoms with Gasteiger partial charge in [-0.1, -0.05) is 74.6 Å². The van der Waals surface area contributed by atoms with Gasteiger partial charge in [-0.15, -0.1) is 0 Å². The molecule has 1 aliphatic rings. The third-order valence-corrected chi connectivity index (χ3v) is 6.21. The molecule has 1 amide bonds. The zero-order chi connectivity index (χ0) is 21.0. The van der Waals surface area contributed by atoms with Crippen LogP contribution in [0.4, 0.5) is 5.69 Å². The van der Waals surface area contributed by atoms with Crippen molar-refractivity contribution in [1.29, 1.82) is 0 Å². The van der Waals surface area contributed by atoms with Crippen LogP contribution in [0.2, 0.25) is 0 Å². The standard InChI is InChI=1S/C27H38N2O/c1-22(30)29-27-17-12-16-24-21-25(18-19-26(24)27)28-20-11-6-4-2-3-5-8-13-23-14-9-7-10-15-23/h7,9-10,12,14-17,25,28H,2-6,8,11,13,18-21H2,1H3,(H,29,30). The fourth-order valence-electron chi connectivity index (χ4n) is 4.58. The molecule has 162 valence electrons. The minimum absolute atomic E-state index is 0.0137. The maximum Gasteiger partial charge on any atom is 0.221 e. The number of amides is 1. The van der Waals surface area contributed by atoms with E-state index in [9.17, 15) is 4.79 Å². The van der Waals surface area contributed by atoms with Gasteiger partial charge in [-0.2, -0.15) is 0 Å². The van der Waals surface area contributed by atoms with Crippen LogP contribution < -0.4 is 10.6 Å².